The molecule has 0 saturated carbocycles. The van der Waals surface area contributed by atoms with E-state index in [0.717, 1.165) is 5.20 Å². The second kappa shape index (κ2) is 6.98. The quantitative estimate of drug-likeness (QED) is 0.483. The average Bonchev–Trinajstić information content (AvgIpc) is 2.17. The van der Waals surface area contributed by atoms with Gasteiger partial charge in [-0.2, -0.15) is 0 Å². The Balaban J connectivity index is 4.81. The molecule has 82 valence electrons. The van der Waals surface area contributed by atoms with Crippen molar-refractivity contribution in [2.75, 3.05) is 19.8 Å². The Morgan fingerprint density at radius 3 is 1.64 bits per heavy atom. The highest BCUT2D eigenvalue weighted by Crippen LogP contribution is 2.18. The van der Waals surface area contributed by atoms with E-state index in [0.29, 0.717) is 19.8 Å². The van der Waals surface area contributed by atoms with Gasteiger partial charge in [0.15, 0.2) is 0 Å². The van der Waals surface area contributed by atoms with Crippen LogP contribution in [0.25, 0.3) is 0 Å². The Bertz CT molecular complexity index is 192. The molecule has 4 heteroatoms. The van der Waals surface area contributed by atoms with Crippen molar-refractivity contribution in [2.45, 2.75) is 27.7 Å². The lowest BCUT2D eigenvalue weighted by Gasteiger charge is -2.27. The zero-order valence-corrected chi connectivity index (χ0v) is 10.6. The highest BCUT2D eigenvalue weighted by atomic mass is 28.4. The lowest BCUT2D eigenvalue weighted by atomic mass is 10.7. The number of hydrogen-bond donors (Lipinski definition) is 0. The highest BCUT2D eigenvalue weighted by molar-refractivity contribution is 6.68. The third kappa shape index (κ3) is 3.40. The van der Waals surface area contributed by atoms with Crippen LogP contribution in [-0.2, 0) is 13.3 Å². The molecule has 0 aromatic rings. The molecule has 0 heterocycles. The Morgan fingerprint density at radius 1 is 1.07 bits per heavy atom. The summed E-state index contributed by atoms with van der Waals surface area (Å²) in [5, 5.41) is 0.850. The second-order valence-corrected chi connectivity index (χ2v) is 5.39. The zero-order chi connectivity index (χ0) is 11.0. The van der Waals surface area contributed by atoms with Crippen molar-refractivity contribution in [1.82, 2.24) is 0 Å². The maximum atomic E-state index is 5.62. The maximum absolute atomic E-state index is 5.62. The average molecular weight is 216 g/mol. The predicted octanol–water partition coefficient (Wildman–Crippen LogP) is 2.31. The van der Waals surface area contributed by atoms with Crippen LogP contribution in [0.5, 0.6) is 0 Å². The monoisotopic (exact) mass is 216 g/mol. The van der Waals surface area contributed by atoms with Crippen molar-refractivity contribution in [3.05, 3.63) is 17.5 Å². The lowest BCUT2D eigenvalue weighted by Crippen LogP contribution is -2.47. The van der Waals surface area contributed by atoms with Crippen molar-refractivity contribution in [2.24, 2.45) is 0 Å². The molecule has 3 nitrogen and oxygen atoms in total. The van der Waals surface area contributed by atoms with E-state index < -0.39 is 8.80 Å². The van der Waals surface area contributed by atoms with Gasteiger partial charge >= 0.3 is 8.80 Å². The predicted molar refractivity (Wildman–Crippen MR) is 59.0 cm³/mol. The summed E-state index contributed by atoms with van der Waals surface area (Å²) in [4.78, 5) is 0. The van der Waals surface area contributed by atoms with Crippen molar-refractivity contribution in [3.63, 3.8) is 0 Å². The summed E-state index contributed by atoms with van der Waals surface area (Å²) in [6, 6.07) is 0. The minimum absolute atomic E-state index is 0.575. The van der Waals surface area contributed by atoms with Gasteiger partial charge in [0, 0.05) is 25.0 Å². The fourth-order valence-electron chi connectivity index (χ4n) is 1.13. The molecule has 0 unspecified atom stereocenters. The lowest BCUT2D eigenvalue weighted by molar-refractivity contribution is 0.0809. The molecule has 0 atom stereocenters. The van der Waals surface area contributed by atoms with E-state index in [4.69, 9.17) is 13.3 Å². The first kappa shape index (κ1) is 13.6. The van der Waals surface area contributed by atoms with E-state index in [9.17, 15) is 0 Å². The van der Waals surface area contributed by atoms with Crippen molar-refractivity contribution in [1.29, 1.82) is 0 Å². The van der Waals surface area contributed by atoms with Gasteiger partial charge in [-0.1, -0.05) is 6.58 Å². The van der Waals surface area contributed by atoms with Gasteiger partial charge in [-0.25, -0.2) is 0 Å². The molecular formula is C10H20O3Si. The molecule has 0 aromatic carbocycles. The van der Waals surface area contributed by atoms with Crippen LogP contribution in [0.4, 0.5) is 0 Å². The molecule has 0 N–H and O–H groups in total. The minimum atomic E-state index is -2.66. The van der Waals surface area contributed by atoms with Gasteiger partial charge in [-0.05, 0) is 27.7 Å². The molecule has 0 spiro atoms. The van der Waals surface area contributed by atoms with Crippen LogP contribution in [0.1, 0.15) is 27.7 Å². The molecule has 0 aliphatic carbocycles. The SMILES string of the molecule is C=C=C(C)[Si](OCC)(OCC)OCC. The largest absolute Gasteiger partial charge is 0.540 e. The smallest absolute Gasteiger partial charge is 0.370 e. The van der Waals surface area contributed by atoms with E-state index in [1.165, 1.54) is 0 Å². The van der Waals surface area contributed by atoms with Crippen LogP contribution >= 0.6 is 0 Å². The van der Waals surface area contributed by atoms with Crippen molar-refractivity contribution < 1.29 is 13.3 Å². The van der Waals surface area contributed by atoms with Gasteiger partial charge < -0.3 is 13.3 Å². The Kier molecular flexibility index (Phi) is 6.79. The molecule has 14 heavy (non-hydrogen) atoms. The fraction of sp³-hybridized carbons (Fsp3) is 0.700. The molecule has 0 amide bonds. The van der Waals surface area contributed by atoms with E-state index >= 15 is 0 Å². The maximum Gasteiger partial charge on any atom is 0.540 e. The van der Waals surface area contributed by atoms with Crippen LogP contribution in [0.3, 0.4) is 0 Å². The summed E-state index contributed by atoms with van der Waals surface area (Å²) in [6.07, 6.45) is 0. The van der Waals surface area contributed by atoms with E-state index in [1.807, 2.05) is 27.7 Å². The normalized spacial score (nSPS) is 11.1. The van der Waals surface area contributed by atoms with Gasteiger partial charge in [0.05, 0.1) is 0 Å². The van der Waals surface area contributed by atoms with E-state index in [1.54, 1.807) is 0 Å². The molecule has 0 aliphatic heterocycles. The van der Waals surface area contributed by atoms with Crippen molar-refractivity contribution in [3.8, 4) is 0 Å². The summed E-state index contributed by atoms with van der Waals surface area (Å²) < 4.78 is 16.9. The van der Waals surface area contributed by atoms with Crippen LogP contribution in [-0.4, -0.2) is 28.6 Å². The molecule has 0 saturated heterocycles. The van der Waals surface area contributed by atoms with Crippen LogP contribution < -0.4 is 0 Å². The first-order valence-electron chi connectivity index (χ1n) is 4.95. The molecule has 0 fully saturated rings. The molecule has 0 bridgehead atoms. The Labute approximate surface area is 87.7 Å². The van der Waals surface area contributed by atoms with Gasteiger partial charge in [-0.3, -0.25) is 0 Å². The molecule has 0 rings (SSSR count). The van der Waals surface area contributed by atoms with E-state index in [2.05, 4.69) is 12.3 Å². The summed E-state index contributed by atoms with van der Waals surface area (Å²) in [5.41, 5.74) is 2.81. The number of hydrogen-bond acceptors (Lipinski definition) is 3. The van der Waals surface area contributed by atoms with Crippen LogP contribution in [0.2, 0.25) is 0 Å². The standard InChI is InChI=1S/C10H20O3Si/c1-6-10(5)14(11-7-2,12-8-3)13-9-4/h1,7-9H2,2-5H3. The van der Waals surface area contributed by atoms with Gasteiger partial charge in [0.2, 0.25) is 0 Å². The Hall–Kier alpha value is -0.383. The summed E-state index contributed by atoms with van der Waals surface area (Å²) >= 11 is 0. The third-order valence-corrected chi connectivity index (χ3v) is 4.83. The van der Waals surface area contributed by atoms with Gasteiger partial charge in [0.25, 0.3) is 0 Å². The van der Waals surface area contributed by atoms with Crippen LogP contribution in [0, 0.1) is 0 Å². The number of rotatable bonds is 7. The molecular weight excluding hydrogens is 196 g/mol. The highest BCUT2D eigenvalue weighted by Gasteiger charge is 2.43. The minimum Gasteiger partial charge on any atom is -0.370 e. The van der Waals surface area contributed by atoms with Crippen molar-refractivity contribution >= 4 is 8.80 Å². The molecule has 0 aromatic heterocycles. The van der Waals surface area contributed by atoms with E-state index in [-0.39, 0.29) is 0 Å². The number of allylic oxidation sites excluding steroid dienone is 1. The van der Waals surface area contributed by atoms with Gasteiger partial charge in [-0.15, -0.1) is 5.73 Å². The fourth-order valence-corrected chi connectivity index (χ4v) is 3.38. The van der Waals surface area contributed by atoms with Crippen LogP contribution in [0.15, 0.2) is 17.5 Å². The topological polar surface area (TPSA) is 27.7 Å². The third-order valence-electron chi connectivity index (χ3n) is 1.73. The first-order valence-corrected chi connectivity index (χ1v) is 6.68. The summed E-state index contributed by atoms with van der Waals surface area (Å²) in [6.45, 7) is 13.0. The molecule has 0 radical (unpaired) electrons. The molecule has 0 aliphatic rings. The second-order valence-electron chi connectivity index (χ2n) is 2.66. The first-order chi connectivity index (χ1) is 6.66. The summed E-state index contributed by atoms with van der Waals surface area (Å²) in [7, 11) is -2.66. The van der Waals surface area contributed by atoms with Gasteiger partial charge in [0.1, 0.15) is 0 Å². The Morgan fingerprint density at radius 2 is 1.43 bits per heavy atom. The zero-order valence-electron chi connectivity index (χ0n) is 9.55. The summed E-state index contributed by atoms with van der Waals surface area (Å²) in [5.74, 6) is 0.